The van der Waals surface area contributed by atoms with Gasteiger partial charge in [0, 0.05) is 24.3 Å². The van der Waals surface area contributed by atoms with Gasteiger partial charge in [-0.25, -0.2) is 18.7 Å². The quantitative estimate of drug-likeness (QED) is 0.732. The second kappa shape index (κ2) is 5.88. The molecule has 1 aromatic heterocycles. The maximum atomic E-state index is 13.4. The Labute approximate surface area is 121 Å². The molecule has 1 saturated carbocycles. The van der Waals surface area contributed by atoms with Gasteiger partial charge >= 0.3 is 0 Å². The average Bonchev–Trinajstić information content (AvgIpc) is 2.32. The van der Waals surface area contributed by atoms with Crippen LogP contribution in [-0.4, -0.2) is 15.9 Å². The first-order valence-electron chi connectivity index (χ1n) is 6.52. The fourth-order valence-electron chi connectivity index (χ4n) is 2.48. The van der Waals surface area contributed by atoms with Crippen LogP contribution in [-0.2, 0) is 6.42 Å². The largest absolute Gasteiger partial charge is 0.248 e. The third-order valence-corrected chi connectivity index (χ3v) is 4.05. The highest BCUT2D eigenvalue weighted by molar-refractivity contribution is 6.34. The van der Waals surface area contributed by atoms with Crippen molar-refractivity contribution in [3.05, 3.63) is 21.7 Å². The van der Waals surface area contributed by atoms with Gasteiger partial charge in [-0.2, -0.15) is 0 Å². The highest BCUT2D eigenvalue weighted by Gasteiger charge is 2.38. The molecule has 0 spiro atoms. The fraction of sp³-hybridized carbons (Fsp3) is 0.692. The smallest absolute Gasteiger partial charge is 0.221 e. The van der Waals surface area contributed by atoms with Gasteiger partial charge in [-0.3, -0.25) is 0 Å². The first kappa shape index (κ1) is 14.9. The zero-order valence-electron chi connectivity index (χ0n) is 10.7. The van der Waals surface area contributed by atoms with Crippen molar-refractivity contribution in [1.82, 2.24) is 9.97 Å². The van der Waals surface area contributed by atoms with E-state index in [1.807, 2.05) is 6.92 Å². The highest BCUT2D eigenvalue weighted by atomic mass is 35.5. The Hall–Kier alpha value is -0.480. The Morgan fingerprint density at radius 3 is 2.42 bits per heavy atom. The molecule has 0 bridgehead atoms. The molecule has 0 amide bonds. The van der Waals surface area contributed by atoms with Crippen molar-refractivity contribution in [1.29, 1.82) is 0 Å². The van der Waals surface area contributed by atoms with E-state index >= 15 is 0 Å². The molecule has 0 radical (unpaired) electrons. The van der Waals surface area contributed by atoms with Gasteiger partial charge in [0.05, 0.1) is 0 Å². The van der Waals surface area contributed by atoms with E-state index in [1.54, 1.807) is 0 Å². The van der Waals surface area contributed by atoms with Crippen molar-refractivity contribution in [3.63, 3.8) is 0 Å². The summed E-state index contributed by atoms with van der Waals surface area (Å²) in [4.78, 5) is 8.36. The summed E-state index contributed by atoms with van der Waals surface area (Å²) in [5.41, 5.74) is 0.706. The second-order valence-corrected chi connectivity index (χ2v) is 5.76. The molecule has 1 aliphatic carbocycles. The van der Waals surface area contributed by atoms with E-state index in [1.165, 1.54) is 0 Å². The van der Waals surface area contributed by atoms with Gasteiger partial charge in [-0.05, 0) is 19.3 Å². The van der Waals surface area contributed by atoms with Crippen LogP contribution in [0.15, 0.2) is 0 Å². The lowest BCUT2D eigenvalue weighted by atomic mass is 9.86. The van der Waals surface area contributed by atoms with Crippen molar-refractivity contribution >= 4 is 23.2 Å². The predicted molar refractivity (Wildman–Crippen MR) is 72.2 cm³/mol. The van der Waals surface area contributed by atoms with Gasteiger partial charge in [-0.1, -0.05) is 36.5 Å². The minimum atomic E-state index is -2.63. The van der Waals surface area contributed by atoms with Crippen molar-refractivity contribution in [2.24, 2.45) is 0 Å². The van der Waals surface area contributed by atoms with Crippen LogP contribution in [0.2, 0.25) is 10.3 Å². The summed E-state index contributed by atoms with van der Waals surface area (Å²) in [7, 11) is 0. The molecule has 1 aromatic rings. The van der Waals surface area contributed by atoms with Crippen molar-refractivity contribution < 1.29 is 8.78 Å². The van der Waals surface area contributed by atoms with Crippen LogP contribution < -0.4 is 0 Å². The highest BCUT2D eigenvalue weighted by Crippen LogP contribution is 2.41. The lowest BCUT2D eigenvalue weighted by Crippen LogP contribution is -2.26. The topological polar surface area (TPSA) is 25.8 Å². The summed E-state index contributed by atoms with van der Waals surface area (Å²) < 4.78 is 26.8. The minimum Gasteiger partial charge on any atom is -0.221 e. The number of aromatic nitrogens is 2. The maximum Gasteiger partial charge on any atom is 0.248 e. The Morgan fingerprint density at radius 1 is 1.26 bits per heavy atom. The van der Waals surface area contributed by atoms with Crippen LogP contribution in [0, 0.1) is 0 Å². The first-order valence-corrected chi connectivity index (χ1v) is 7.28. The van der Waals surface area contributed by atoms with Crippen LogP contribution in [0.25, 0.3) is 0 Å². The van der Waals surface area contributed by atoms with E-state index in [4.69, 9.17) is 23.2 Å². The Bertz CT molecular complexity index is 443. The summed E-state index contributed by atoms with van der Waals surface area (Å²) in [6.07, 6.45) is 2.44. The van der Waals surface area contributed by atoms with Gasteiger partial charge in [0.1, 0.15) is 16.1 Å². The molecule has 1 atom stereocenters. The fourth-order valence-corrected chi connectivity index (χ4v) is 3.07. The number of hydrogen-bond acceptors (Lipinski definition) is 2. The molecule has 19 heavy (non-hydrogen) atoms. The molecule has 0 aromatic carbocycles. The minimum absolute atomic E-state index is 0.0567. The number of rotatable bonds is 3. The van der Waals surface area contributed by atoms with Crippen LogP contribution in [0.1, 0.15) is 56.3 Å². The molecular weight excluding hydrogens is 293 g/mol. The Morgan fingerprint density at radius 2 is 1.89 bits per heavy atom. The van der Waals surface area contributed by atoms with Crippen molar-refractivity contribution in [3.8, 4) is 0 Å². The monoisotopic (exact) mass is 308 g/mol. The average molecular weight is 309 g/mol. The van der Waals surface area contributed by atoms with E-state index in [0.717, 1.165) is 6.42 Å². The van der Waals surface area contributed by atoms with E-state index in [9.17, 15) is 8.78 Å². The molecule has 1 heterocycles. The van der Waals surface area contributed by atoms with Gasteiger partial charge in [-0.15, -0.1) is 0 Å². The number of halogens is 4. The SMILES string of the molecule is CCCc1c(Cl)nc(C2CCCC(F)(F)C2)nc1Cl. The molecule has 6 heteroatoms. The summed E-state index contributed by atoms with van der Waals surface area (Å²) in [6, 6.07) is 0. The van der Waals surface area contributed by atoms with Crippen molar-refractivity contribution in [2.75, 3.05) is 0 Å². The first-order chi connectivity index (χ1) is 8.93. The molecule has 2 rings (SSSR count). The normalized spacial score (nSPS) is 22.5. The molecular formula is C13H16Cl2F2N2. The zero-order valence-corrected chi connectivity index (χ0v) is 12.2. The van der Waals surface area contributed by atoms with E-state index in [-0.39, 0.29) is 18.8 Å². The Balaban J connectivity index is 2.26. The van der Waals surface area contributed by atoms with E-state index < -0.39 is 5.92 Å². The van der Waals surface area contributed by atoms with Crippen LogP contribution in [0.3, 0.4) is 0 Å². The van der Waals surface area contributed by atoms with Gasteiger partial charge in [0.2, 0.25) is 5.92 Å². The third-order valence-electron chi connectivity index (χ3n) is 3.43. The molecule has 2 nitrogen and oxygen atoms in total. The summed E-state index contributed by atoms with van der Waals surface area (Å²) in [5.74, 6) is -2.63. The van der Waals surface area contributed by atoms with Crippen molar-refractivity contribution in [2.45, 2.75) is 57.3 Å². The molecule has 1 aliphatic rings. The molecule has 0 N–H and O–H groups in total. The lowest BCUT2D eigenvalue weighted by molar-refractivity contribution is -0.0417. The van der Waals surface area contributed by atoms with E-state index in [2.05, 4.69) is 9.97 Å². The molecule has 1 fully saturated rings. The van der Waals surface area contributed by atoms with E-state index in [0.29, 0.717) is 41.0 Å². The molecule has 0 aliphatic heterocycles. The summed E-state index contributed by atoms with van der Waals surface area (Å²) in [6.45, 7) is 2.00. The lowest BCUT2D eigenvalue weighted by Gasteiger charge is -2.28. The third kappa shape index (κ3) is 3.54. The standard InChI is InChI=1S/C13H16Cl2F2N2/c1-2-4-9-10(14)18-12(19-11(9)15)8-5-3-6-13(16,17)7-8/h8H,2-7H2,1H3. The van der Waals surface area contributed by atoms with Crippen LogP contribution >= 0.6 is 23.2 Å². The Kier molecular flexibility index (Phi) is 4.62. The maximum absolute atomic E-state index is 13.4. The predicted octanol–water partition coefficient (Wildman–Crippen LogP) is 5.03. The van der Waals surface area contributed by atoms with Gasteiger partial charge < -0.3 is 0 Å². The number of nitrogens with zero attached hydrogens (tertiary/aromatic N) is 2. The molecule has 106 valence electrons. The molecule has 0 saturated heterocycles. The second-order valence-electron chi connectivity index (χ2n) is 5.04. The van der Waals surface area contributed by atoms with Gasteiger partial charge in [0.25, 0.3) is 0 Å². The zero-order chi connectivity index (χ0) is 14.0. The summed E-state index contributed by atoms with van der Waals surface area (Å²) >= 11 is 12.2. The molecule has 1 unspecified atom stereocenters. The van der Waals surface area contributed by atoms with Crippen LogP contribution in [0.4, 0.5) is 8.78 Å². The van der Waals surface area contributed by atoms with Gasteiger partial charge in [0.15, 0.2) is 0 Å². The number of alkyl halides is 2. The number of hydrogen-bond donors (Lipinski definition) is 0. The van der Waals surface area contributed by atoms with Crippen LogP contribution in [0.5, 0.6) is 0 Å². The summed E-state index contributed by atoms with van der Waals surface area (Å²) in [5, 5.41) is 0.594.